The lowest BCUT2D eigenvalue weighted by Gasteiger charge is -2.01. The molecule has 0 aliphatic carbocycles. The van der Waals surface area contributed by atoms with Crippen LogP contribution in [0.15, 0.2) is 36.8 Å². The first-order valence-corrected chi connectivity index (χ1v) is 5.18. The number of rotatable bonds is 1. The summed E-state index contributed by atoms with van der Waals surface area (Å²) >= 11 is 0. The number of nitrogens with zero attached hydrogens (tertiary/aromatic N) is 4. The summed E-state index contributed by atoms with van der Waals surface area (Å²) in [5.74, 6) is 0. The molecule has 0 N–H and O–H groups in total. The van der Waals surface area contributed by atoms with Gasteiger partial charge in [-0.3, -0.25) is 0 Å². The number of hydrogen-bond donors (Lipinski definition) is 0. The molecule has 0 aliphatic heterocycles. The molecular formula is C12H12N4. The molecule has 0 fully saturated rings. The van der Waals surface area contributed by atoms with Gasteiger partial charge in [-0.2, -0.15) is 0 Å². The van der Waals surface area contributed by atoms with Crippen molar-refractivity contribution in [2.75, 3.05) is 0 Å². The predicted molar refractivity (Wildman–Crippen MR) is 62.6 cm³/mol. The van der Waals surface area contributed by atoms with Crippen molar-refractivity contribution < 1.29 is 0 Å². The van der Waals surface area contributed by atoms with Crippen LogP contribution in [0.25, 0.3) is 16.6 Å². The van der Waals surface area contributed by atoms with Gasteiger partial charge in [0.25, 0.3) is 0 Å². The maximum atomic E-state index is 3.99. The Hall–Kier alpha value is -2.10. The maximum Gasteiger partial charge on any atom is 0.0697 e. The molecule has 2 aromatic heterocycles. The summed E-state index contributed by atoms with van der Waals surface area (Å²) in [4.78, 5) is 0. The van der Waals surface area contributed by atoms with Crippen LogP contribution in [0.4, 0.5) is 0 Å². The SMILES string of the molecule is Cc1cn(C)c2ccc(-n3ccnn3)cc12. The van der Waals surface area contributed by atoms with E-state index in [4.69, 9.17) is 0 Å². The fraction of sp³-hybridized carbons (Fsp3) is 0.167. The van der Waals surface area contributed by atoms with Crippen molar-refractivity contribution in [3.8, 4) is 5.69 Å². The first kappa shape index (κ1) is 9.15. The Balaban J connectivity index is 2.27. The highest BCUT2D eigenvalue weighted by atomic mass is 15.4. The number of hydrogen-bond acceptors (Lipinski definition) is 2. The van der Waals surface area contributed by atoms with Gasteiger partial charge in [-0.05, 0) is 30.7 Å². The van der Waals surface area contributed by atoms with Crippen molar-refractivity contribution in [1.82, 2.24) is 19.6 Å². The second kappa shape index (κ2) is 3.20. The monoisotopic (exact) mass is 212 g/mol. The van der Waals surface area contributed by atoms with Crippen LogP contribution in [-0.4, -0.2) is 19.6 Å². The van der Waals surface area contributed by atoms with Gasteiger partial charge >= 0.3 is 0 Å². The number of aryl methyl sites for hydroxylation is 2. The summed E-state index contributed by atoms with van der Waals surface area (Å²) in [5.41, 5.74) is 3.56. The maximum absolute atomic E-state index is 3.99. The lowest BCUT2D eigenvalue weighted by atomic mass is 10.2. The normalized spacial score (nSPS) is 11.1. The molecule has 0 saturated heterocycles. The van der Waals surface area contributed by atoms with E-state index >= 15 is 0 Å². The highest BCUT2D eigenvalue weighted by Gasteiger charge is 2.05. The molecule has 4 nitrogen and oxygen atoms in total. The smallest absolute Gasteiger partial charge is 0.0697 e. The Morgan fingerprint density at radius 1 is 1.25 bits per heavy atom. The molecule has 0 atom stereocenters. The van der Waals surface area contributed by atoms with E-state index in [0.29, 0.717) is 0 Å². The lowest BCUT2D eigenvalue weighted by molar-refractivity contribution is 0.804. The van der Waals surface area contributed by atoms with Crippen LogP contribution in [0.2, 0.25) is 0 Å². The van der Waals surface area contributed by atoms with Crippen molar-refractivity contribution in [3.05, 3.63) is 42.4 Å². The fourth-order valence-corrected chi connectivity index (χ4v) is 2.07. The van der Waals surface area contributed by atoms with Gasteiger partial charge in [0.05, 0.1) is 18.1 Å². The molecular weight excluding hydrogens is 200 g/mol. The molecule has 0 unspecified atom stereocenters. The highest BCUT2D eigenvalue weighted by molar-refractivity contribution is 5.85. The van der Waals surface area contributed by atoms with Gasteiger partial charge in [0.2, 0.25) is 0 Å². The van der Waals surface area contributed by atoms with Gasteiger partial charge in [0, 0.05) is 24.1 Å². The van der Waals surface area contributed by atoms with E-state index in [1.807, 2.05) is 6.20 Å². The Bertz CT molecular complexity index is 634. The van der Waals surface area contributed by atoms with E-state index in [0.717, 1.165) is 5.69 Å². The molecule has 0 bridgehead atoms. The van der Waals surface area contributed by atoms with Gasteiger partial charge in [0.15, 0.2) is 0 Å². The molecule has 0 amide bonds. The van der Waals surface area contributed by atoms with Crippen molar-refractivity contribution in [3.63, 3.8) is 0 Å². The standard InChI is InChI=1S/C12H12N4/c1-9-8-15(2)12-4-3-10(7-11(9)12)16-6-5-13-14-16/h3-8H,1-2H3. The molecule has 1 aromatic carbocycles. The molecule has 0 radical (unpaired) electrons. The lowest BCUT2D eigenvalue weighted by Crippen LogP contribution is -1.94. The van der Waals surface area contributed by atoms with Crippen molar-refractivity contribution in [2.24, 2.45) is 7.05 Å². The van der Waals surface area contributed by atoms with E-state index in [-0.39, 0.29) is 0 Å². The molecule has 4 heteroatoms. The molecule has 2 heterocycles. The van der Waals surface area contributed by atoms with Crippen LogP contribution in [0.1, 0.15) is 5.56 Å². The minimum atomic E-state index is 1.04. The summed E-state index contributed by atoms with van der Waals surface area (Å²) in [7, 11) is 2.06. The van der Waals surface area contributed by atoms with E-state index in [2.05, 4.69) is 53.2 Å². The largest absolute Gasteiger partial charge is 0.350 e. The number of aromatic nitrogens is 4. The summed E-state index contributed by atoms with van der Waals surface area (Å²) < 4.78 is 3.90. The molecule has 16 heavy (non-hydrogen) atoms. The second-order valence-electron chi connectivity index (χ2n) is 3.97. The van der Waals surface area contributed by atoms with Crippen molar-refractivity contribution in [1.29, 1.82) is 0 Å². The second-order valence-corrected chi connectivity index (χ2v) is 3.97. The van der Waals surface area contributed by atoms with Gasteiger partial charge in [-0.15, -0.1) is 5.10 Å². The molecule has 0 saturated carbocycles. The third kappa shape index (κ3) is 1.23. The third-order valence-electron chi connectivity index (χ3n) is 2.86. The molecule has 0 aliphatic rings. The minimum absolute atomic E-state index is 1.04. The first-order valence-electron chi connectivity index (χ1n) is 5.18. The van der Waals surface area contributed by atoms with Crippen molar-refractivity contribution in [2.45, 2.75) is 6.92 Å². The Kier molecular flexibility index (Phi) is 1.83. The number of fused-ring (bicyclic) bond motifs is 1. The Morgan fingerprint density at radius 3 is 2.88 bits per heavy atom. The van der Waals surface area contributed by atoms with Crippen LogP contribution in [-0.2, 0) is 7.05 Å². The fourth-order valence-electron chi connectivity index (χ4n) is 2.07. The predicted octanol–water partition coefficient (Wildman–Crippen LogP) is 2.07. The first-order chi connectivity index (χ1) is 7.75. The summed E-state index contributed by atoms with van der Waals surface area (Å²) in [6.07, 6.45) is 5.66. The zero-order valence-electron chi connectivity index (χ0n) is 9.25. The van der Waals surface area contributed by atoms with E-state index in [1.165, 1.54) is 16.5 Å². The van der Waals surface area contributed by atoms with Crippen LogP contribution >= 0.6 is 0 Å². The molecule has 3 rings (SSSR count). The van der Waals surface area contributed by atoms with E-state index in [1.54, 1.807) is 10.9 Å². The van der Waals surface area contributed by atoms with Crippen LogP contribution in [0.3, 0.4) is 0 Å². The van der Waals surface area contributed by atoms with Crippen LogP contribution < -0.4 is 0 Å². The third-order valence-corrected chi connectivity index (χ3v) is 2.86. The Morgan fingerprint density at radius 2 is 2.12 bits per heavy atom. The van der Waals surface area contributed by atoms with E-state index in [9.17, 15) is 0 Å². The average molecular weight is 212 g/mol. The quantitative estimate of drug-likeness (QED) is 0.619. The van der Waals surface area contributed by atoms with Crippen LogP contribution in [0.5, 0.6) is 0 Å². The molecule has 0 spiro atoms. The van der Waals surface area contributed by atoms with Gasteiger partial charge in [-0.1, -0.05) is 5.21 Å². The molecule has 80 valence electrons. The highest BCUT2D eigenvalue weighted by Crippen LogP contribution is 2.22. The topological polar surface area (TPSA) is 35.6 Å². The zero-order valence-corrected chi connectivity index (χ0v) is 9.25. The Labute approximate surface area is 93.1 Å². The van der Waals surface area contributed by atoms with Crippen LogP contribution in [0, 0.1) is 6.92 Å². The van der Waals surface area contributed by atoms with Gasteiger partial charge in [0.1, 0.15) is 0 Å². The minimum Gasteiger partial charge on any atom is -0.350 e. The van der Waals surface area contributed by atoms with Gasteiger partial charge in [-0.25, -0.2) is 4.68 Å². The summed E-state index contributed by atoms with van der Waals surface area (Å²) in [5, 5.41) is 9.06. The summed E-state index contributed by atoms with van der Waals surface area (Å²) in [6.45, 7) is 2.12. The van der Waals surface area contributed by atoms with E-state index < -0.39 is 0 Å². The van der Waals surface area contributed by atoms with Crippen molar-refractivity contribution >= 4 is 10.9 Å². The molecule has 3 aromatic rings. The summed E-state index contributed by atoms with van der Waals surface area (Å²) in [6, 6.07) is 6.30. The number of benzene rings is 1. The van der Waals surface area contributed by atoms with Gasteiger partial charge < -0.3 is 4.57 Å². The zero-order chi connectivity index (χ0) is 11.1. The average Bonchev–Trinajstić information content (AvgIpc) is 2.88.